The summed E-state index contributed by atoms with van der Waals surface area (Å²) in [6.45, 7) is 4.95. The maximum Gasteiger partial charge on any atom is 0.191 e. The Morgan fingerprint density at radius 3 is 2.61 bits per heavy atom. The predicted octanol–water partition coefficient (Wildman–Crippen LogP) is -0.682. The Morgan fingerprint density at radius 1 is 1.39 bits per heavy atom. The van der Waals surface area contributed by atoms with Gasteiger partial charge in [0.15, 0.2) is 5.96 Å². The van der Waals surface area contributed by atoms with Crippen LogP contribution >= 0.6 is 24.0 Å². The van der Waals surface area contributed by atoms with Crippen molar-refractivity contribution in [1.29, 1.82) is 0 Å². The van der Waals surface area contributed by atoms with Gasteiger partial charge in [0.25, 0.3) is 0 Å². The maximum absolute atomic E-state index is 10.3. The third kappa shape index (κ3) is 4.22. The van der Waals surface area contributed by atoms with Crippen molar-refractivity contribution in [2.24, 2.45) is 10.7 Å². The zero-order valence-electron chi connectivity index (χ0n) is 10.8. The molecular weight excluding hydrogens is 347 g/mol. The van der Waals surface area contributed by atoms with E-state index in [2.05, 4.69) is 9.89 Å². The molecule has 0 aromatic heterocycles. The molecule has 1 unspecified atom stereocenters. The van der Waals surface area contributed by atoms with E-state index in [1.165, 1.54) is 0 Å². The molecule has 2 saturated heterocycles. The van der Waals surface area contributed by atoms with Crippen molar-refractivity contribution in [2.45, 2.75) is 12.0 Å². The average molecular weight is 370 g/mol. The van der Waals surface area contributed by atoms with Gasteiger partial charge in [-0.1, -0.05) is 0 Å². The molecule has 7 heteroatoms. The van der Waals surface area contributed by atoms with E-state index in [0.717, 1.165) is 26.1 Å². The van der Waals surface area contributed by atoms with Gasteiger partial charge in [0.1, 0.15) is 0 Å². The molecular formula is C11H23IN4O2. The molecule has 0 radical (unpaired) electrons. The zero-order chi connectivity index (χ0) is 12.3. The molecule has 2 heterocycles. The molecule has 2 rings (SSSR count). The lowest BCUT2D eigenvalue weighted by Gasteiger charge is -2.28. The van der Waals surface area contributed by atoms with Crippen molar-refractivity contribution >= 4 is 29.9 Å². The summed E-state index contributed by atoms with van der Waals surface area (Å²) in [7, 11) is 2.01. The Morgan fingerprint density at radius 2 is 2.06 bits per heavy atom. The number of aliphatic hydroxyl groups is 1. The monoisotopic (exact) mass is 370 g/mol. The maximum atomic E-state index is 10.3. The highest BCUT2D eigenvalue weighted by atomic mass is 127. The number of aliphatic imine (C=N–C) groups is 1. The lowest BCUT2D eigenvalue weighted by Crippen LogP contribution is -2.46. The molecule has 106 valence electrons. The first-order valence-electron chi connectivity index (χ1n) is 6.13. The number of rotatable bonds is 2. The van der Waals surface area contributed by atoms with E-state index in [-0.39, 0.29) is 24.0 Å². The van der Waals surface area contributed by atoms with E-state index in [0.29, 0.717) is 32.3 Å². The number of hydrogen-bond donors (Lipinski definition) is 2. The molecule has 0 aromatic rings. The largest absolute Gasteiger partial charge is 0.387 e. The van der Waals surface area contributed by atoms with E-state index >= 15 is 0 Å². The zero-order valence-corrected chi connectivity index (χ0v) is 13.2. The summed E-state index contributed by atoms with van der Waals surface area (Å²) in [5, 5.41) is 10.3. The van der Waals surface area contributed by atoms with Gasteiger partial charge >= 0.3 is 0 Å². The number of β-amino-alcohol motifs (C(OH)–C–C–N with tert-alkyl or cyclic N) is 1. The minimum Gasteiger partial charge on any atom is -0.387 e. The Bertz CT molecular complexity index is 297. The van der Waals surface area contributed by atoms with Crippen LogP contribution in [0, 0.1) is 0 Å². The van der Waals surface area contributed by atoms with Crippen LogP contribution in [0.5, 0.6) is 0 Å². The van der Waals surface area contributed by atoms with Crippen LogP contribution in [0.15, 0.2) is 4.99 Å². The molecule has 2 aliphatic rings. The van der Waals surface area contributed by atoms with Gasteiger partial charge in [-0.25, -0.2) is 0 Å². The lowest BCUT2D eigenvalue weighted by atomic mass is 10.0. The second-order valence-electron chi connectivity index (χ2n) is 4.99. The predicted molar refractivity (Wildman–Crippen MR) is 81.4 cm³/mol. The third-order valence-corrected chi connectivity index (χ3v) is 3.39. The van der Waals surface area contributed by atoms with Crippen LogP contribution in [0.25, 0.3) is 0 Å². The molecule has 0 amide bonds. The molecule has 0 aliphatic carbocycles. The minimum atomic E-state index is -0.703. The van der Waals surface area contributed by atoms with Crippen molar-refractivity contribution in [3.05, 3.63) is 0 Å². The van der Waals surface area contributed by atoms with Crippen LogP contribution in [0.4, 0.5) is 0 Å². The van der Waals surface area contributed by atoms with E-state index in [1.54, 1.807) is 0 Å². The topological polar surface area (TPSA) is 74.3 Å². The van der Waals surface area contributed by atoms with Crippen molar-refractivity contribution in [1.82, 2.24) is 9.80 Å². The number of guanidine groups is 1. The Balaban J connectivity index is 0.00000162. The van der Waals surface area contributed by atoms with Gasteiger partial charge < -0.3 is 25.4 Å². The molecule has 0 bridgehead atoms. The fourth-order valence-electron chi connectivity index (χ4n) is 2.31. The number of likely N-dealkylation sites (tertiary alicyclic amines) is 1. The van der Waals surface area contributed by atoms with E-state index < -0.39 is 5.60 Å². The quantitative estimate of drug-likeness (QED) is 0.383. The van der Waals surface area contributed by atoms with Gasteiger partial charge in [0.2, 0.25) is 0 Å². The molecule has 2 fully saturated rings. The lowest BCUT2D eigenvalue weighted by molar-refractivity contribution is 0.0582. The normalized spacial score (nSPS) is 30.3. The smallest absolute Gasteiger partial charge is 0.191 e. The molecule has 1 atom stereocenters. The highest BCUT2D eigenvalue weighted by molar-refractivity contribution is 14.0. The fraction of sp³-hybridized carbons (Fsp3) is 0.909. The van der Waals surface area contributed by atoms with Gasteiger partial charge in [-0.2, -0.15) is 0 Å². The minimum absolute atomic E-state index is 0. The van der Waals surface area contributed by atoms with Crippen molar-refractivity contribution < 1.29 is 9.84 Å². The third-order valence-electron chi connectivity index (χ3n) is 3.39. The molecule has 0 saturated carbocycles. The average Bonchev–Trinajstić information content (AvgIpc) is 2.68. The summed E-state index contributed by atoms with van der Waals surface area (Å²) in [4.78, 5) is 8.44. The van der Waals surface area contributed by atoms with E-state index in [9.17, 15) is 5.11 Å². The highest BCUT2D eigenvalue weighted by Crippen LogP contribution is 2.20. The van der Waals surface area contributed by atoms with E-state index in [4.69, 9.17) is 10.5 Å². The summed E-state index contributed by atoms with van der Waals surface area (Å²) in [5.41, 5.74) is 5.21. The van der Waals surface area contributed by atoms with Crippen molar-refractivity contribution in [3.63, 3.8) is 0 Å². The summed E-state index contributed by atoms with van der Waals surface area (Å²) < 4.78 is 5.25. The molecule has 6 nitrogen and oxygen atoms in total. The number of hydrogen-bond acceptors (Lipinski definition) is 4. The SMILES string of the molecule is CN1CCC(O)(CN=C(N)N2CCOCC2)C1.I. The molecule has 0 spiro atoms. The van der Waals surface area contributed by atoms with Gasteiger partial charge in [0.05, 0.1) is 25.4 Å². The number of nitrogens with two attached hydrogens (primary N) is 1. The molecule has 0 aromatic carbocycles. The van der Waals surface area contributed by atoms with Gasteiger partial charge in [-0.15, -0.1) is 24.0 Å². The first kappa shape index (κ1) is 15.9. The van der Waals surface area contributed by atoms with Crippen molar-refractivity contribution in [2.75, 3.05) is 53.0 Å². The summed E-state index contributed by atoms with van der Waals surface area (Å²) in [6.07, 6.45) is 0.767. The number of likely N-dealkylation sites (N-methyl/N-ethyl adjacent to an activating group) is 1. The number of ether oxygens (including phenoxy) is 1. The first-order chi connectivity index (χ1) is 8.09. The first-order valence-corrected chi connectivity index (χ1v) is 6.13. The fourth-order valence-corrected chi connectivity index (χ4v) is 2.31. The van der Waals surface area contributed by atoms with Gasteiger partial charge in [-0.3, -0.25) is 4.99 Å². The van der Waals surface area contributed by atoms with Crippen LogP contribution in [0.3, 0.4) is 0 Å². The summed E-state index contributed by atoms with van der Waals surface area (Å²) in [5.74, 6) is 0.524. The van der Waals surface area contributed by atoms with E-state index in [1.807, 2.05) is 11.9 Å². The van der Waals surface area contributed by atoms with Crippen LogP contribution in [-0.2, 0) is 4.74 Å². The van der Waals surface area contributed by atoms with Crippen LogP contribution in [0.1, 0.15) is 6.42 Å². The van der Waals surface area contributed by atoms with Gasteiger partial charge in [0, 0.05) is 26.2 Å². The Labute approximate surface area is 125 Å². The van der Waals surface area contributed by atoms with Crippen LogP contribution in [0.2, 0.25) is 0 Å². The van der Waals surface area contributed by atoms with Crippen molar-refractivity contribution in [3.8, 4) is 0 Å². The Kier molecular flexibility index (Phi) is 6.09. The standard InChI is InChI=1S/C11H22N4O2.HI/c1-14-3-2-11(16,9-14)8-13-10(12)15-4-6-17-7-5-15;/h16H,2-9H2,1H3,(H2,12,13);1H. The summed E-state index contributed by atoms with van der Waals surface area (Å²) >= 11 is 0. The van der Waals surface area contributed by atoms with Crippen LogP contribution < -0.4 is 5.73 Å². The number of halogens is 1. The summed E-state index contributed by atoms with van der Waals surface area (Å²) in [6, 6.07) is 0. The number of morpholine rings is 1. The second-order valence-corrected chi connectivity index (χ2v) is 4.99. The van der Waals surface area contributed by atoms with Gasteiger partial charge in [-0.05, 0) is 13.5 Å². The number of nitrogens with zero attached hydrogens (tertiary/aromatic N) is 3. The molecule has 3 N–H and O–H groups in total. The molecule has 2 aliphatic heterocycles. The second kappa shape index (κ2) is 6.88. The van der Waals surface area contributed by atoms with Crippen LogP contribution in [-0.4, -0.2) is 79.5 Å². The highest BCUT2D eigenvalue weighted by Gasteiger charge is 2.34. The molecule has 18 heavy (non-hydrogen) atoms. The Hall–Kier alpha value is -0.120.